The van der Waals surface area contributed by atoms with Crippen LogP contribution in [0.1, 0.15) is 5.56 Å². The second-order valence-electron chi connectivity index (χ2n) is 5.29. The van der Waals surface area contributed by atoms with Crippen LogP contribution in [0.25, 0.3) is 6.08 Å². The van der Waals surface area contributed by atoms with Gasteiger partial charge in [0.25, 0.3) is 5.91 Å². The number of ether oxygens (including phenoxy) is 4. The third-order valence-corrected chi connectivity index (χ3v) is 3.59. The van der Waals surface area contributed by atoms with E-state index in [2.05, 4.69) is 0 Å². The molecule has 0 atom stereocenters. The summed E-state index contributed by atoms with van der Waals surface area (Å²) in [7, 11) is 1.48. The Morgan fingerprint density at radius 2 is 2.08 bits per heavy atom. The van der Waals surface area contributed by atoms with Gasteiger partial charge in [0, 0.05) is 19.2 Å². The maximum absolute atomic E-state index is 11.9. The molecule has 1 aliphatic heterocycles. The molecule has 1 aromatic rings. The van der Waals surface area contributed by atoms with Gasteiger partial charge in [-0.2, -0.15) is 5.26 Å². The van der Waals surface area contributed by atoms with E-state index in [0.29, 0.717) is 43.4 Å². The number of benzene rings is 1. The van der Waals surface area contributed by atoms with Crippen LogP contribution in [0, 0.1) is 11.3 Å². The second kappa shape index (κ2) is 10.1. The molecule has 26 heavy (non-hydrogen) atoms. The molecule has 8 nitrogen and oxygen atoms in total. The van der Waals surface area contributed by atoms with Crippen LogP contribution in [0.4, 0.5) is 0 Å². The van der Waals surface area contributed by atoms with E-state index in [4.69, 9.17) is 24.2 Å². The highest BCUT2D eigenvalue weighted by Gasteiger charge is 2.17. The van der Waals surface area contributed by atoms with Crippen molar-refractivity contribution in [2.24, 2.45) is 0 Å². The number of nitriles is 1. The molecule has 8 heteroatoms. The zero-order valence-corrected chi connectivity index (χ0v) is 14.5. The minimum Gasteiger partial charge on any atom is -0.493 e. The molecule has 1 amide bonds. The van der Waals surface area contributed by atoms with Crippen molar-refractivity contribution in [1.82, 2.24) is 4.90 Å². The monoisotopic (exact) mass is 360 g/mol. The summed E-state index contributed by atoms with van der Waals surface area (Å²) in [4.78, 5) is 25.3. The molecular formula is C18H20N2O6. The first-order chi connectivity index (χ1) is 12.6. The first-order valence-electron chi connectivity index (χ1n) is 8.02. The van der Waals surface area contributed by atoms with E-state index in [1.165, 1.54) is 19.3 Å². The zero-order chi connectivity index (χ0) is 18.8. The number of methoxy groups -OCH3 is 1. The third-order valence-electron chi connectivity index (χ3n) is 3.59. The van der Waals surface area contributed by atoms with Gasteiger partial charge < -0.3 is 23.8 Å². The van der Waals surface area contributed by atoms with E-state index in [1.54, 1.807) is 23.1 Å². The van der Waals surface area contributed by atoms with Gasteiger partial charge in [-0.25, -0.2) is 4.79 Å². The van der Waals surface area contributed by atoms with Gasteiger partial charge >= 0.3 is 5.97 Å². The normalized spacial score (nSPS) is 13.9. The van der Waals surface area contributed by atoms with E-state index in [9.17, 15) is 9.59 Å². The van der Waals surface area contributed by atoms with Crippen LogP contribution in [-0.2, 0) is 19.1 Å². The van der Waals surface area contributed by atoms with Gasteiger partial charge in [-0.1, -0.05) is 6.07 Å². The SMILES string of the molecule is COc1cc(/C=C/C(=O)OCC(=O)N2CCOCC2)ccc1OCC#N. The van der Waals surface area contributed by atoms with Crippen LogP contribution in [0.2, 0.25) is 0 Å². The molecule has 1 aliphatic rings. The number of nitrogens with zero attached hydrogens (tertiary/aromatic N) is 2. The summed E-state index contributed by atoms with van der Waals surface area (Å²) < 4.78 is 20.5. The fourth-order valence-electron chi connectivity index (χ4n) is 2.27. The highest BCUT2D eigenvalue weighted by Crippen LogP contribution is 2.28. The quantitative estimate of drug-likeness (QED) is 0.529. The van der Waals surface area contributed by atoms with E-state index >= 15 is 0 Å². The van der Waals surface area contributed by atoms with Crippen LogP contribution in [0.5, 0.6) is 11.5 Å². The van der Waals surface area contributed by atoms with Gasteiger partial charge in [0.05, 0.1) is 20.3 Å². The number of carbonyl (C=O) groups excluding carboxylic acids is 2. The van der Waals surface area contributed by atoms with Gasteiger partial charge in [0.2, 0.25) is 0 Å². The Morgan fingerprint density at radius 1 is 1.31 bits per heavy atom. The summed E-state index contributed by atoms with van der Waals surface area (Å²) >= 11 is 0. The molecule has 0 bridgehead atoms. The number of esters is 1. The highest BCUT2D eigenvalue weighted by atomic mass is 16.5. The lowest BCUT2D eigenvalue weighted by molar-refractivity contribution is -0.150. The summed E-state index contributed by atoms with van der Waals surface area (Å²) in [6.45, 7) is 1.62. The molecule has 138 valence electrons. The maximum Gasteiger partial charge on any atom is 0.331 e. The molecular weight excluding hydrogens is 340 g/mol. The van der Waals surface area contributed by atoms with Crippen LogP contribution >= 0.6 is 0 Å². The highest BCUT2D eigenvalue weighted by molar-refractivity contribution is 5.89. The molecule has 2 rings (SSSR count). The van der Waals surface area contributed by atoms with Gasteiger partial charge in [-0.05, 0) is 23.8 Å². The molecule has 0 aliphatic carbocycles. The van der Waals surface area contributed by atoms with E-state index in [-0.39, 0.29) is 19.1 Å². The van der Waals surface area contributed by atoms with Crippen molar-refractivity contribution in [2.45, 2.75) is 0 Å². The average Bonchev–Trinajstić information content (AvgIpc) is 2.69. The molecule has 1 saturated heterocycles. The van der Waals surface area contributed by atoms with Gasteiger partial charge in [0.15, 0.2) is 24.7 Å². The summed E-state index contributed by atoms with van der Waals surface area (Å²) in [5.74, 6) is 0.0224. The zero-order valence-electron chi connectivity index (χ0n) is 14.5. The Labute approximate surface area is 151 Å². The lowest BCUT2D eigenvalue weighted by atomic mass is 10.2. The molecule has 0 N–H and O–H groups in total. The van der Waals surface area contributed by atoms with Crippen molar-refractivity contribution in [3.63, 3.8) is 0 Å². The summed E-state index contributed by atoms with van der Waals surface area (Å²) in [6.07, 6.45) is 2.77. The van der Waals surface area contributed by atoms with Crippen LogP contribution < -0.4 is 9.47 Å². The Balaban J connectivity index is 1.86. The molecule has 0 saturated carbocycles. The average molecular weight is 360 g/mol. The van der Waals surface area contributed by atoms with Crippen molar-refractivity contribution in [2.75, 3.05) is 46.6 Å². The summed E-state index contributed by atoms with van der Waals surface area (Å²) in [5.41, 5.74) is 0.683. The van der Waals surface area contributed by atoms with Gasteiger partial charge in [0.1, 0.15) is 6.07 Å². The standard InChI is InChI=1S/C18H20N2O6/c1-23-16-12-14(2-4-15(16)25-9-6-19)3-5-18(22)26-13-17(21)20-7-10-24-11-8-20/h2-5,12H,7-11,13H2,1H3/b5-3+. The van der Waals surface area contributed by atoms with Crippen molar-refractivity contribution >= 4 is 18.0 Å². The van der Waals surface area contributed by atoms with Crippen LogP contribution in [-0.4, -0.2) is 63.4 Å². The number of hydrogen-bond acceptors (Lipinski definition) is 7. The largest absolute Gasteiger partial charge is 0.493 e. The molecule has 1 aromatic carbocycles. The number of morpholine rings is 1. The third kappa shape index (κ3) is 5.79. The van der Waals surface area contributed by atoms with Crippen molar-refractivity contribution in [3.05, 3.63) is 29.8 Å². The lowest BCUT2D eigenvalue weighted by Gasteiger charge is -2.26. The van der Waals surface area contributed by atoms with Gasteiger partial charge in [-0.15, -0.1) is 0 Å². The fraction of sp³-hybridized carbons (Fsp3) is 0.389. The summed E-state index contributed by atoms with van der Waals surface area (Å²) in [6, 6.07) is 6.89. The minimum absolute atomic E-state index is 0.0883. The molecule has 1 heterocycles. The first kappa shape index (κ1) is 19.3. The van der Waals surface area contributed by atoms with Crippen molar-refractivity contribution < 1.29 is 28.5 Å². The lowest BCUT2D eigenvalue weighted by Crippen LogP contribution is -2.42. The predicted octanol–water partition coefficient (Wildman–Crippen LogP) is 1.01. The van der Waals surface area contributed by atoms with Crippen molar-refractivity contribution in [3.8, 4) is 17.6 Å². The van der Waals surface area contributed by atoms with E-state index < -0.39 is 5.97 Å². The minimum atomic E-state index is -0.615. The Kier molecular flexibility index (Phi) is 7.46. The predicted molar refractivity (Wildman–Crippen MR) is 91.5 cm³/mol. The molecule has 0 radical (unpaired) electrons. The van der Waals surface area contributed by atoms with Gasteiger partial charge in [-0.3, -0.25) is 4.79 Å². The van der Waals surface area contributed by atoms with E-state index in [0.717, 1.165) is 0 Å². The Morgan fingerprint density at radius 3 is 2.77 bits per heavy atom. The molecule has 0 spiro atoms. The van der Waals surface area contributed by atoms with Crippen LogP contribution in [0.15, 0.2) is 24.3 Å². The van der Waals surface area contributed by atoms with Crippen LogP contribution in [0.3, 0.4) is 0 Å². The smallest absolute Gasteiger partial charge is 0.331 e. The fourth-order valence-corrected chi connectivity index (χ4v) is 2.27. The number of carbonyl (C=O) groups is 2. The Hall–Kier alpha value is -3.05. The summed E-state index contributed by atoms with van der Waals surface area (Å²) in [5, 5.41) is 8.55. The number of rotatable bonds is 7. The van der Waals surface area contributed by atoms with Crippen molar-refractivity contribution in [1.29, 1.82) is 5.26 Å². The second-order valence-corrected chi connectivity index (χ2v) is 5.29. The topological polar surface area (TPSA) is 98.1 Å². The van der Waals surface area contributed by atoms with E-state index in [1.807, 2.05) is 6.07 Å². The molecule has 0 unspecified atom stereocenters. The Bertz CT molecular complexity index is 704. The number of amides is 1. The number of hydrogen-bond donors (Lipinski definition) is 0. The maximum atomic E-state index is 11.9. The molecule has 0 aromatic heterocycles. The first-order valence-corrected chi connectivity index (χ1v) is 8.02. The molecule has 1 fully saturated rings.